The number of nitro benzene ring substituents is 1. The summed E-state index contributed by atoms with van der Waals surface area (Å²) in [7, 11) is -4.13. The highest BCUT2D eigenvalue weighted by atomic mass is 127. The number of aromatic hydroxyl groups is 1. The van der Waals surface area contributed by atoms with Gasteiger partial charge >= 0.3 is 5.69 Å². The molecule has 1 aliphatic rings. The van der Waals surface area contributed by atoms with Gasteiger partial charge in [-0.15, -0.1) is 0 Å². The molecule has 0 atom stereocenters. The topological polar surface area (TPSA) is 110 Å². The van der Waals surface area contributed by atoms with E-state index in [1.165, 1.54) is 0 Å². The number of hydrogen-bond acceptors (Lipinski definition) is 6. The molecule has 21 heavy (non-hydrogen) atoms. The second-order valence-electron chi connectivity index (χ2n) is 4.14. The normalized spacial score (nSPS) is 16.9. The molecule has 0 amide bonds. The molecule has 1 fully saturated rings. The van der Waals surface area contributed by atoms with E-state index in [1.807, 2.05) is 0 Å². The Kier molecular flexibility index (Phi) is 4.92. The van der Waals surface area contributed by atoms with Crippen LogP contribution in [0.4, 0.5) is 5.69 Å². The van der Waals surface area contributed by atoms with Crippen molar-refractivity contribution < 1.29 is 23.2 Å². The highest BCUT2D eigenvalue weighted by Gasteiger charge is 2.36. The number of morpholine rings is 1. The van der Waals surface area contributed by atoms with Gasteiger partial charge in [-0.1, -0.05) is 11.6 Å². The maximum Gasteiger partial charge on any atom is 0.325 e. The largest absolute Gasteiger partial charge is 0.501 e. The summed E-state index contributed by atoms with van der Waals surface area (Å²) >= 11 is 7.50. The fourth-order valence-electron chi connectivity index (χ4n) is 1.91. The summed E-state index contributed by atoms with van der Waals surface area (Å²) in [4.78, 5) is 9.50. The summed E-state index contributed by atoms with van der Waals surface area (Å²) in [6.45, 7) is 0.615. The van der Waals surface area contributed by atoms with E-state index in [0.717, 1.165) is 10.4 Å². The number of hydrogen-bond donors (Lipinski definition) is 1. The molecular weight excluding hydrogens is 439 g/mol. The zero-order chi connectivity index (χ0) is 15.8. The molecule has 1 aliphatic heterocycles. The lowest BCUT2D eigenvalue weighted by Crippen LogP contribution is -2.40. The second-order valence-corrected chi connectivity index (χ2v) is 7.58. The van der Waals surface area contributed by atoms with Crippen LogP contribution in [-0.4, -0.2) is 49.1 Å². The van der Waals surface area contributed by atoms with Gasteiger partial charge in [-0.2, -0.15) is 4.31 Å². The molecule has 2 rings (SSSR count). The molecule has 0 bridgehead atoms. The number of rotatable bonds is 3. The zero-order valence-electron chi connectivity index (χ0n) is 10.5. The first-order chi connectivity index (χ1) is 9.76. The van der Waals surface area contributed by atoms with Crippen molar-refractivity contribution in [1.82, 2.24) is 4.31 Å². The maximum atomic E-state index is 12.5. The molecule has 0 aliphatic carbocycles. The van der Waals surface area contributed by atoms with Crippen molar-refractivity contribution in [3.63, 3.8) is 0 Å². The quantitative estimate of drug-likeness (QED) is 0.427. The van der Waals surface area contributed by atoms with Crippen LogP contribution in [0, 0.1) is 13.7 Å². The van der Waals surface area contributed by atoms with Crippen molar-refractivity contribution >= 4 is 49.9 Å². The number of nitrogens with zero attached hydrogens (tertiary/aromatic N) is 2. The fourth-order valence-corrected chi connectivity index (χ4v) is 4.89. The van der Waals surface area contributed by atoms with Gasteiger partial charge in [0.05, 0.1) is 26.7 Å². The molecule has 0 spiro atoms. The highest BCUT2D eigenvalue weighted by Crippen LogP contribution is 2.42. The molecule has 0 saturated carbocycles. The molecule has 0 aromatic heterocycles. The third kappa shape index (κ3) is 3.08. The van der Waals surface area contributed by atoms with Crippen molar-refractivity contribution in [2.75, 3.05) is 26.3 Å². The summed E-state index contributed by atoms with van der Waals surface area (Å²) in [5.74, 6) is -0.941. The van der Waals surface area contributed by atoms with Gasteiger partial charge in [-0.05, 0) is 28.7 Å². The van der Waals surface area contributed by atoms with Crippen molar-refractivity contribution in [3.8, 4) is 5.75 Å². The number of phenols is 1. The predicted octanol–water partition coefficient (Wildman–Crippen LogP) is 1.58. The molecule has 8 nitrogen and oxygen atoms in total. The lowest BCUT2D eigenvalue weighted by Gasteiger charge is -2.26. The van der Waals surface area contributed by atoms with Crippen LogP contribution < -0.4 is 0 Å². The van der Waals surface area contributed by atoms with E-state index in [4.69, 9.17) is 16.3 Å². The van der Waals surface area contributed by atoms with Crippen LogP contribution in [0.25, 0.3) is 0 Å². The minimum absolute atomic E-state index is 0.0565. The van der Waals surface area contributed by atoms with Crippen molar-refractivity contribution in [3.05, 3.63) is 24.8 Å². The second kappa shape index (κ2) is 6.20. The Morgan fingerprint density at radius 2 is 2.00 bits per heavy atom. The van der Waals surface area contributed by atoms with Crippen LogP contribution in [-0.2, 0) is 14.8 Å². The highest BCUT2D eigenvalue weighted by molar-refractivity contribution is 14.1. The van der Waals surface area contributed by atoms with Gasteiger partial charge in [0.15, 0.2) is 0 Å². The lowest BCUT2D eigenvalue weighted by molar-refractivity contribution is -0.387. The monoisotopic (exact) mass is 448 g/mol. The van der Waals surface area contributed by atoms with Gasteiger partial charge in [0.25, 0.3) is 0 Å². The van der Waals surface area contributed by atoms with Gasteiger partial charge in [0.1, 0.15) is 4.90 Å². The Hall–Kier alpha value is -0.690. The third-order valence-electron chi connectivity index (χ3n) is 2.89. The van der Waals surface area contributed by atoms with Crippen molar-refractivity contribution in [2.24, 2.45) is 0 Å². The van der Waals surface area contributed by atoms with Gasteiger partial charge in [0, 0.05) is 13.1 Å². The summed E-state index contributed by atoms with van der Waals surface area (Å²) in [6, 6.07) is 1.15. The Morgan fingerprint density at radius 1 is 1.43 bits per heavy atom. The Balaban J connectivity index is 2.62. The minimum Gasteiger partial charge on any atom is -0.501 e. The van der Waals surface area contributed by atoms with Gasteiger partial charge in [-0.25, -0.2) is 8.42 Å². The Morgan fingerprint density at radius 3 is 2.52 bits per heavy atom. The summed E-state index contributed by atoms with van der Waals surface area (Å²) in [6.07, 6.45) is 0. The maximum absolute atomic E-state index is 12.5. The molecule has 1 aromatic rings. The van der Waals surface area contributed by atoms with Gasteiger partial charge in [-0.3, -0.25) is 10.1 Å². The van der Waals surface area contributed by atoms with Crippen molar-refractivity contribution in [1.29, 1.82) is 0 Å². The first kappa shape index (κ1) is 16.7. The molecule has 11 heteroatoms. The van der Waals surface area contributed by atoms with Crippen LogP contribution in [0.15, 0.2) is 11.0 Å². The molecule has 0 radical (unpaired) electrons. The average molecular weight is 449 g/mol. The van der Waals surface area contributed by atoms with E-state index in [0.29, 0.717) is 0 Å². The molecule has 1 heterocycles. The van der Waals surface area contributed by atoms with Crippen molar-refractivity contribution in [2.45, 2.75) is 4.90 Å². The smallest absolute Gasteiger partial charge is 0.325 e. The molecule has 116 valence electrons. The Bertz CT molecular complexity index is 689. The summed E-state index contributed by atoms with van der Waals surface area (Å²) < 4.78 is 31.2. The summed E-state index contributed by atoms with van der Waals surface area (Å²) in [5.41, 5.74) is -0.674. The first-order valence-corrected chi connectivity index (χ1v) is 8.59. The van der Waals surface area contributed by atoms with E-state index >= 15 is 0 Å². The summed E-state index contributed by atoms with van der Waals surface area (Å²) in [5, 5.41) is 20.7. The number of halogens is 2. The number of nitro groups is 1. The number of ether oxygens (including phenoxy) is 1. The van der Waals surface area contributed by atoms with E-state index in [-0.39, 0.29) is 34.9 Å². The van der Waals surface area contributed by atoms with Crippen LogP contribution in [0.1, 0.15) is 0 Å². The standard InChI is InChI=1S/C10H10ClIN2O6S/c11-6-5-7(12)8(14(16)17)9(15)10(6)21(18,19)13-1-3-20-4-2-13/h5,15H,1-4H2. The fraction of sp³-hybridized carbons (Fsp3) is 0.400. The van der Waals surface area contributed by atoms with E-state index < -0.39 is 31.3 Å². The predicted molar refractivity (Wildman–Crippen MR) is 82.1 cm³/mol. The van der Waals surface area contributed by atoms with Gasteiger partial charge in [0.2, 0.25) is 15.8 Å². The molecule has 0 unspecified atom stereocenters. The van der Waals surface area contributed by atoms with E-state index in [9.17, 15) is 23.6 Å². The minimum atomic E-state index is -4.13. The average Bonchev–Trinajstić information content (AvgIpc) is 2.38. The zero-order valence-corrected chi connectivity index (χ0v) is 14.2. The lowest BCUT2D eigenvalue weighted by atomic mass is 10.3. The third-order valence-corrected chi connectivity index (χ3v) is 6.09. The van der Waals surface area contributed by atoms with Gasteiger partial charge < -0.3 is 9.84 Å². The number of sulfonamides is 1. The van der Waals surface area contributed by atoms with Crippen LogP contribution in [0.3, 0.4) is 0 Å². The number of phenolic OH excluding ortho intramolecular Hbond substituents is 1. The molecule has 1 saturated heterocycles. The SMILES string of the molecule is O=[N+]([O-])c1c(I)cc(Cl)c(S(=O)(=O)N2CCOCC2)c1O. The molecular formula is C10H10ClIN2O6S. The van der Waals surface area contributed by atoms with Crippen LogP contribution >= 0.6 is 34.2 Å². The molecule has 1 aromatic carbocycles. The number of benzene rings is 1. The van der Waals surface area contributed by atoms with E-state index in [2.05, 4.69) is 0 Å². The first-order valence-electron chi connectivity index (χ1n) is 5.70. The Labute approximate surface area is 139 Å². The van der Waals surface area contributed by atoms with E-state index in [1.54, 1.807) is 22.6 Å². The molecule has 1 N–H and O–H groups in total. The van der Waals surface area contributed by atoms with Crippen LogP contribution in [0.2, 0.25) is 5.02 Å². The van der Waals surface area contributed by atoms with Crippen LogP contribution in [0.5, 0.6) is 5.75 Å².